The summed E-state index contributed by atoms with van der Waals surface area (Å²) < 4.78 is 1.79. The van der Waals surface area contributed by atoms with Gasteiger partial charge in [-0.05, 0) is 25.1 Å². The quantitative estimate of drug-likeness (QED) is 0.934. The van der Waals surface area contributed by atoms with Crippen molar-refractivity contribution in [3.05, 3.63) is 51.8 Å². The fourth-order valence-electron chi connectivity index (χ4n) is 2.03. The van der Waals surface area contributed by atoms with E-state index in [1.807, 2.05) is 38.4 Å². The molecule has 1 heterocycles. The minimum atomic E-state index is 0.0879. The molecule has 18 heavy (non-hydrogen) atoms. The second-order valence-corrected chi connectivity index (χ2v) is 4.95. The van der Waals surface area contributed by atoms with Crippen LogP contribution < -0.4 is 5.32 Å². The second kappa shape index (κ2) is 5.74. The Bertz CT molecular complexity index is 517. The summed E-state index contributed by atoms with van der Waals surface area (Å²) in [6.45, 7) is 0. The molecule has 1 unspecified atom stereocenters. The maximum absolute atomic E-state index is 6.18. The van der Waals surface area contributed by atoms with Crippen molar-refractivity contribution < 1.29 is 0 Å². The largest absolute Gasteiger partial charge is 0.311 e. The van der Waals surface area contributed by atoms with Crippen molar-refractivity contribution in [2.45, 2.75) is 12.5 Å². The van der Waals surface area contributed by atoms with Gasteiger partial charge in [0.2, 0.25) is 0 Å². The molecule has 1 atom stereocenters. The van der Waals surface area contributed by atoms with E-state index in [2.05, 4.69) is 10.4 Å². The first-order valence-corrected chi connectivity index (χ1v) is 6.47. The van der Waals surface area contributed by atoms with Gasteiger partial charge in [-0.1, -0.05) is 41.4 Å². The zero-order valence-electron chi connectivity index (χ0n) is 10.3. The third kappa shape index (κ3) is 2.69. The first kappa shape index (κ1) is 13.4. The summed E-state index contributed by atoms with van der Waals surface area (Å²) in [6, 6.07) is 7.92. The van der Waals surface area contributed by atoms with Crippen LogP contribution in [0.1, 0.15) is 17.3 Å². The van der Waals surface area contributed by atoms with Crippen LogP contribution in [0.4, 0.5) is 0 Å². The molecule has 0 fully saturated rings. The van der Waals surface area contributed by atoms with Gasteiger partial charge in [0.05, 0.1) is 23.0 Å². The summed E-state index contributed by atoms with van der Waals surface area (Å²) in [5.74, 6) is 0. The predicted octanol–water partition coefficient (Wildman–Crippen LogP) is 3.23. The monoisotopic (exact) mass is 283 g/mol. The van der Waals surface area contributed by atoms with Gasteiger partial charge in [-0.2, -0.15) is 5.10 Å². The lowest BCUT2D eigenvalue weighted by atomic mass is 10.0. The van der Waals surface area contributed by atoms with Crippen molar-refractivity contribution in [1.82, 2.24) is 15.1 Å². The molecule has 3 nitrogen and oxygen atoms in total. The fraction of sp³-hybridized carbons (Fsp3) is 0.308. The highest BCUT2D eigenvalue weighted by Crippen LogP contribution is 2.27. The molecule has 96 valence electrons. The first-order valence-electron chi connectivity index (χ1n) is 5.71. The van der Waals surface area contributed by atoms with Crippen molar-refractivity contribution in [3.63, 3.8) is 0 Å². The van der Waals surface area contributed by atoms with Gasteiger partial charge < -0.3 is 5.32 Å². The standard InChI is InChI=1S/C13H15Cl2N3/c1-16-12(13-11(15)8-17-18(13)2)7-9-5-3-4-6-10(9)14/h3-6,8,12,16H,7H2,1-2H3. The Labute approximate surface area is 117 Å². The molecule has 1 N–H and O–H groups in total. The van der Waals surface area contributed by atoms with Crippen LogP contribution in [0.15, 0.2) is 30.5 Å². The molecule has 0 aliphatic heterocycles. The Kier molecular flexibility index (Phi) is 4.27. The van der Waals surface area contributed by atoms with Crippen LogP contribution in [-0.4, -0.2) is 16.8 Å². The van der Waals surface area contributed by atoms with Crippen LogP contribution in [0.5, 0.6) is 0 Å². The van der Waals surface area contributed by atoms with Crippen LogP contribution in [-0.2, 0) is 13.5 Å². The van der Waals surface area contributed by atoms with Crippen LogP contribution in [0.3, 0.4) is 0 Å². The van der Waals surface area contributed by atoms with Gasteiger partial charge in [0.1, 0.15) is 0 Å². The lowest BCUT2D eigenvalue weighted by Gasteiger charge is -2.18. The van der Waals surface area contributed by atoms with Gasteiger partial charge in [-0.15, -0.1) is 0 Å². The maximum Gasteiger partial charge on any atom is 0.0834 e. The lowest BCUT2D eigenvalue weighted by Crippen LogP contribution is -2.22. The molecule has 2 aromatic rings. The predicted molar refractivity (Wildman–Crippen MR) is 75.2 cm³/mol. The molecular weight excluding hydrogens is 269 g/mol. The van der Waals surface area contributed by atoms with E-state index in [1.54, 1.807) is 10.9 Å². The number of nitrogens with zero attached hydrogens (tertiary/aromatic N) is 2. The molecule has 1 aromatic carbocycles. The number of hydrogen-bond acceptors (Lipinski definition) is 2. The Balaban J connectivity index is 2.28. The van der Waals surface area contributed by atoms with E-state index >= 15 is 0 Å². The van der Waals surface area contributed by atoms with Gasteiger partial charge in [0.15, 0.2) is 0 Å². The summed E-state index contributed by atoms with van der Waals surface area (Å²) in [7, 11) is 3.79. The van der Waals surface area contributed by atoms with E-state index in [1.165, 1.54) is 0 Å². The number of nitrogens with one attached hydrogen (secondary N) is 1. The molecule has 0 radical (unpaired) electrons. The van der Waals surface area contributed by atoms with Crippen molar-refractivity contribution in [3.8, 4) is 0 Å². The highest BCUT2D eigenvalue weighted by atomic mass is 35.5. The average molecular weight is 284 g/mol. The normalized spacial score (nSPS) is 12.7. The van der Waals surface area contributed by atoms with Crippen LogP contribution in [0.25, 0.3) is 0 Å². The number of aromatic nitrogens is 2. The van der Waals surface area contributed by atoms with Gasteiger partial charge in [-0.3, -0.25) is 4.68 Å². The van der Waals surface area contributed by atoms with Crippen LogP contribution >= 0.6 is 23.2 Å². The minimum absolute atomic E-state index is 0.0879. The number of aryl methyl sites for hydroxylation is 1. The van der Waals surface area contributed by atoms with E-state index in [0.29, 0.717) is 5.02 Å². The number of hydrogen-bond donors (Lipinski definition) is 1. The Morgan fingerprint density at radius 1 is 1.28 bits per heavy atom. The highest BCUT2D eigenvalue weighted by molar-refractivity contribution is 6.31. The Morgan fingerprint density at radius 3 is 2.56 bits per heavy atom. The average Bonchev–Trinajstić information content (AvgIpc) is 2.69. The zero-order chi connectivity index (χ0) is 13.1. The summed E-state index contributed by atoms with van der Waals surface area (Å²) in [6.07, 6.45) is 2.43. The third-order valence-electron chi connectivity index (χ3n) is 3.00. The molecule has 1 aromatic heterocycles. The van der Waals surface area contributed by atoms with E-state index in [0.717, 1.165) is 22.7 Å². The molecule has 0 aliphatic carbocycles. The molecule has 0 saturated heterocycles. The Morgan fingerprint density at radius 2 is 2.00 bits per heavy atom. The molecule has 5 heteroatoms. The zero-order valence-corrected chi connectivity index (χ0v) is 11.8. The molecule has 0 bridgehead atoms. The topological polar surface area (TPSA) is 29.9 Å². The molecule has 0 amide bonds. The molecule has 0 aliphatic rings. The minimum Gasteiger partial charge on any atom is -0.311 e. The van der Waals surface area contributed by atoms with Crippen LogP contribution in [0, 0.1) is 0 Å². The smallest absolute Gasteiger partial charge is 0.0834 e. The van der Waals surface area contributed by atoms with E-state index in [9.17, 15) is 0 Å². The molecular formula is C13H15Cl2N3. The lowest BCUT2D eigenvalue weighted by molar-refractivity contribution is 0.537. The van der Waals surface area contributed by atoms with E-state index < -0.39 is 0 Å². The third-order valence-corrected chi connectivity index (χ3v) is 3.66. The van der Waals surface area contributed by atoms with Gasteiger partial charge in [-0.25, -0.2) is 0 Å². The highest BCUT2D eigenvalue weighted by Gasteiger charge is 2.18. The molecule has 0 spiro atoms. The first-order chi connectivity index (χ1) is 8.63. The van der Waals surface area contributed by atoms with Gasteiger partial charge in [0, 0.05) is 12.1 Å². The second-order valence-electron chi connectivity index (χ2n) is 4.14. The van der Waals surface area contributed by atoms with Gasteiger partial charge >= 0.3 is 0 Å². The maximum atomic E-state index is 6.18. The summed E-state index contributed by atoms with van der Waals surface area (Å²) in [5.41, 5.74) is 2.06. The number of benzene rings is 1. The summed E-state index contributed by atoms with van der Waals surface area (Å²) in [5, 5.41) is 8.86. The van der Waals surface area contributed by atoms with E-state index in [-0.39, 0.29) is 6.04 Å². The molecule has 0 saturated carbocycles. The number of rotatable bonds is 4. The summed E-state index contributed by atoms with van der Waals surface area (Å²) >= 11 is 12.4. The summed E-state index contributed by atoms with van der Waals surface area (Å²) in [4.78, 5) is 0. The molecule has 2 rings (SSSR count). The van der Waals surface area contributed by atoms with E-state index in [4.69, 9.17) is 23.2 Å². The van der Waals surface area contributed by atoms with Crippen LogP contribution in [0.2, 0.25) is 10.0 Å². The number of likely N-dealkylation sites (N-methyl/N-ethyl adjacent to an activating group) is 1. The number of halogens is 2. The fourth-order valence-corrected chi connectivity index (χ4v) is 2.54. The van der Waals surface area contributed by atoms with Crippen molar-refractivity contribution in [2.24, 2.45) is 7.05 Å². The van der Waals surface area contributed by atoms with Crippen molar-refractivity contribution >= 4 is 23.2 Å². The van der Waals surface area contributed by atoms with Crippen molar-refractivity contribution in [1.29, 1.82) is 0 Å². The van der Waals surface area contributed by atoms with Gasteiger partial charge in [0.25, 0.3) is 0 Å². The van der Waals surface area contributed by atoms with Crippen molar-refractivity contribution in [2.75, 3.05) is 7.05 Å². The Hall–Kier alpha value is -1.03. The SMILES string of the molecule is CNC(Cc1ccccc1Cl)c1c(Cl)cnn1C.